The molecular formula is C25H31N5O6S. The number of aromatic nitrogens is 2. The third-order valence-electron chi connectivity index (χ3n) is 7.54. The summed E-state index contributed by atoms with van der Waals surface area (Å²) < 4.78 is 25.5. The number of amides is 2. The summed E-state index contributed by atoms with van der Waals surface area (Å²) in [5, 5.41) is 35.5. The molecule has 2 aliphatic rings. The van der Waals surface area contributed by atoms with E-state index in [0.29, 0.717) is 30.4 Å². The van der Waals surface area contributed by atoms with E-state index >= 15 is 0 Å². The van der Waals surface area contributed by atoms with Crippen LogP contribution < -0.4 is 5.32 Å². The summed E-state index contributed by atoms with van der Waals surface area (Å²) in [4.78, 5) is 27.8. The van der Waals surface area contributed by atoms with Gasteiger partial charge in [-0.25, -0.2) is 8.42 Å². The van der Waals surface area contributed by atoms with Gasteiger partial charge in [-0.2, -0.15) is 10.4 Å². The zero-order chi connectivity index (χ0) is 27.2. The van der Waals surface area contributed by atoms with Crippen LogP contribution in [0.2, 0.25) is 0 Å². The first-order valence-electron chi connectivity index (χ1n) is 12.0. The Morgan fingerprint density at radius 2 is 1.95 bits per heavy atom. The smallest absolute Gasteiger partial charge is 0.272 e. The van der Waals surface area contributed by atoms with Crippen LogP contribution in [0.1, 0.15) is 64.4 Å². The number of nitrogens with one attached hydrogen (secondary N) is 1. The molecule has 198 valence electrons. The van der Waals surface area contributed by atoms with Crippen LogP contribution in [-0.4, -0.2) is 80.4 Å². The van der Waals surface area contributed by atoms with Gasteiger partial charge >= 0.3 is 0 Å². The Hall–Kier alpha value is -3.27. The van der Waals surface area contributed by atoms with Crippen molar-refractivity contribution in [1.29, 1.82) is 5.26 Å². The molecule has 1 aromatic heterocycles. The minimum atomic E-state index is -3.90. The fraction of sp³-hybridized carbons (Fsp3) is 0.520. The van der Waals surface area contributed by atoms with E-state index in [4.69, 9.17) is 5.26 Å². The Morgan fingerprint density at radius 3 is 2.51 bits per heavy atom. The van der Waals surface area contributed by atoms with Crippen molar-refractivity contribution in [3.05, 3.63) is 52.3 Å². The van der Waals surface area contributed by atoms with Gasteiger partial charge in [0.25, 0.3) is 11.8 Å². The molecule has 0 saturated heterocycles. The summed E-state index contributed by atoms with van der Waals surface area (Å²) in [5.41, 5.74) is 2.25. The number of sulfone groups is 1. The second-order valence-electron chi connectivity index (χ2n) is 10.3. The summed E-state index contributed by atoms with van der Waals surface area (Å²) in [6, 6.07) is 8.86. The number of nitrogens with zero attached hydrogens (tertiary/aromatic N) is 4. The van der Waals surface area contributed by atoms with Gasteiger partial charge < -0.3 is 20.4 Å². The van der Waals surface area contributed by atoms with E-state index in [1.54, 1.807) is 31.3 Å². The zero-order valence-corrected chi connectivity index (χ0v) is 21.9. The first-order chi connectivity index (χ1) is 17.4. The molecule has 0 unspecified atom stereocenters. The van der Waals surface area contributed by atoms with Gasteiger partial charge in [0, 0.05) is 32.2 Å². The summed E-state index contributed by atoms with van der Waals surface area (Å²) in [7, 11) is -2.33. The maximum absolute atomic E-state index is 13.5. The Bertz CT molecular complexity index is 1370. The van der Waals surface area contributed by atoms with Crippen molar-refractivity contribution in [2.75, 3.05) is 19.7 Å². The molecule has 4 rings (SSSR count). The van der Waals surface area contributed by atoms with Crippen molar-refractivity contribution in [3.8, 4) is 6.07 Å². The van der Waals surface area contributed by atoms with Crippen LogP contribution in [0.3, 0.4) is 0 Å². The van der Waals surface area contributed by atoms with Crippen molar-refractivity contribution >= 4 is 21.7 Å². The average molecular weight is 530 g/mol. The third-order valence-corrected chi connectivity index (χ3v) is 10.9. The number of benzene rings is 1. The molecule has 1 fully saturated rings. The molecule has 1 atom stereocenters. The molecule has 1 aliphatic carbocycles. The summed E-state index contributed by atoms with van der Waals surface area (Å²) in [6.45, 7) is 2.53. The van der Waals surface area contributed by atoms with Gasteiger partial charge in [0.05, 0.1) is 33.8 Å². The fourth-order valence-electron chi connectivity index (χ4n) is 4.82. The molecule has 2 aromatic rings. The van der Waals surface area contributed by atoms with Gasteiger partial charge in [-0.15, -0.1) is 0 Å². The van der Waals surface area contributed by atoms with Crippen molar-refractivity contribution in [2.24, 2.45) is 7.05 Å². The summed E-state index contributed by atoms with van der Waals surface area (Å²) in [6.07, 6.45) is -0.377. The molecule has 37 heavy (non-hydrogen) atoms. The highest BCUT2D eigenvalue weighted by atomic mass is 32.2. The quantitative estimate of drug-likeness (QED) is 0.417. The van der Waals surface area contributed by atoms with Crippen LogP contribution in [0.4, 0.5) is 0 Å². The highest BCUT2D eigenvalue weighted by Gasteiger charge is 2.62. The highest BCUT2D eigenvalue weighted by Crippen LogP contribution is 2.50. The van der Waals surface area contributed by atoms with E-state index < -0.39 is 43.9 Å². The van der Waals surface area contributed by atoms with E-state index in [9.17, 15) is 28.2 Å². The van der Waals surface area contributed by atoms with Crippen LogP contribution in [0.15, 0.2) is 24.3 Å². The molecule has 11 nitrogen and oxygen atoms in total. The monoisotopic (exact) mass is 529 g/mol. The van der Waals surface area contributed by atoms with Gasteiger partial charge in [-0.1, -0.05) is 12.1 Å². The van der Waals surface area contributed by atoms with Gasteiger partial charge in [0.2, 0.25) is 0 Å². The Labute approximate surface area is 215 Å². The van der Waals surface area contributed by atoms with Crippen LogP contribution in [0.5, 0.6) is 0 Å². The number of hydrogen-bond donors (Lipinski definition) is 3. The molecule has 1 saturated carbocycles. The number of rotatable bonds is 9. The Morgan fingerprint density at radius 1 is 1.30 bits per heavy atom. The van der Waals surface area contributed by atoms with Crippen molar-refractivity contribution in [2.45, 2.75) is 55.3 Å². The molecule has 1 aliphatic heterocycles. The Balaban J connectivity index is 1.50. The number of carbonyl (C=O) groups is 2. The lowest BCUT2D eigenvalue weighted by atomic mass is 10.0. The van der Waals surface area contributed by atoms with E-state index in [1.807, 2.05) is 6.07 Å². The van der Waals surface area contributed by atoms with Crippen LogP contribution in [-0.2, 0) is 29.9 Å². The first-order valence-corrected chi connectivity index (χ1v) is 13.5. The van der Waals surface area contributed by atoms with Gasteiger partial charge in [-0.05, 0) is 50.8 Å². The van der Waals surface area contributed by atoms with Crippen molar-refractivity contribution in [1.82, 2.24) is 20.0 Å². The number of nitriles is 1. The SMILES string of the molecule is Cn1nc(C(=O)NCc2ccc(C#N)cc2)c2c1C(=O)N(CC1(S(=O)(=O)C(C)(C)[C@H](O)CO)CC1)CC2. The normalized spacial score (nSPS) is 17.6. The third kappa shape index (κ3) is 4.52. The molecule has 1 aromatic carbocycles. The predicted molar refractivity (Wildman–Crippen MR) is 133 cm³/mol. The maximum atomic E-state index is 13.5. The minimum absolute atomic E-state index is 0.0272. The number of aliphatic hydroxyl groups excluding tert-OH is 2. The lowest BCUT2D eigenvalue weighted by Crippen LogP contribution is -2.55. The molecular weight excluding hydrogens is 498 g/mol. The predicted octanol–water partition coefficient (Wildman–Crippen LogP) is 0.299. The minimum Gasteiger partial charge on any atom is -0.394 e. The van der Waals surface area contributed by atoms with Crippen LogP contribution in [0, 0.1) is 11.3 Å². The molecule has 2 amide bonds. The van der Waals surface area contributed by atoms with E-state index in [0.717, 1.165) is 5.56 Å². The van der Waals surface area contributed by atoms with E-state index in [-0.39, 0.29) is 31.0 Å². The molecule has 0 bridgehead atoms. The second-order valence-corrected chi connectivity index (χ2v) is 13.2. The van der Waals surface area contributed by atoms with Crippen LogP contribution >= 0.6 is 0 Å². The summed E-state index contributed by atoms with van der Waals surface area (Å²) in [5.74, 6) is -0.826. The molecule has 3 N–H and O–H groups in total. The first kappa shape index (κ1) is 26.8. The average Bonchev–Trinajstić information content (AvgIpc) is 3.60. The van der Waals surface area contributed by atoms with E-state index in [1.165, 1.54) is 23.4 Å². The lowest BCUT2D eigenvalue weighted by Gasteiger charge is -2.36. The van der Waals surface area contributed by atoms with Gasteiger partial charge in [0.1, 0.15) is 5.69 Å². The molecule has 0 spiro atoms. The topological polar surface area (TPSA) is 166 Å². The van der Waals surface area contributed by atoms with Crippen LogP contribution in [0.25, 0.3) is 0 Å². The summed E-state index contributed by atoms with van der Waals surface area (Å²) >= 11 is 0. The van der Waals surface area contributed by atoms with Gasteiger partial charge in [-0.3, -0.25) is 14.3 Å². The van der Waals surface area contributed by atoms with Crippen molar-refractivity contribution in [3.63, 3.8) is 0 Å². The number of aliphatic hydroxyl groups is 2. The van der Waals surface area contributed by atoms with Gasteiger partial charge in [0.15, 0.2) is 15.5 Å². The highest BCUT2D eigenvalue weighted by molar-refractivity contribution is 7.94. The molecule has 0 radical (unpaired) electrons. The number of hydrogen-bond acceptors (Lipinski definition) is 8. The lowest BCUT2D eigenvalue weighted by molar-refractivity contribution is 0.0673. The number of aryl methyl sites for hydroxylation is 1. The Kier molecular flexibility index (Phi) is 6.92. The largest absolute Gasteiger partial charge is 0.394 e. The second kappa shape index (κ2) is 9.55. The number of carbonyl (C=O) groups excluding carboxylic acids is 2. The molecule has 2 heterocycles. The van der Waals surface area contributed by atoms with Crippen molar-refractivity contribution < 1.29 is 28.2 Å². The fourth-order valence-corrected chi connectivity index (χ4v) is 7.34. The number of fused-ring (bicyclic) bond motifs is 1. The maximum Gasteiger partial charge on any atom is 0.272 e. The van der Waals surface area contributed by atoms with E-state index in [2.05, 4.69) is 10.4 Å². The molecule has 12 heteroatoms. The zero-order valence-electron chi connectivity index (χ0n) is 21.1. The standard InChI is InChI=1S/C25H31N5O6S/c1-24(2,19(32)14-31)37(35,36)25(9-10-25)15-30-11-8-18-20(28-29(3)21(18)23(30)34)22(33)27-13-17-6-4-16(12-26)5-7-17/h4-7,19,31-32H,8-11,13-15H2,1-3H3,(H,27,33)/t19-/m1/s1.